The summed E-state index contributed by atoms with van der Waals surface area (Å²) < 4.78 is 16.7. The number of aliphatic hydroxyl groups is 2. The van der Waals surface area contributed by atoms with Gasteiger partial charge in [-0.05, 0) is 5.53 Å². The van der Waals surface area contributed by atoms with Gasteiger partial charge in [0.05, 0.1) is 6.61 Å². The normalized spacial score (nSPS) is 39.1. The lowest BCUT2D eigenvalue weighted by Crippen LogP contribution is -2.61. The van der Waals surface area contributed by atoms with Crippen LogP contribution in [0.25, 0.3) is 10.4 Å². The number of ether oxygens (including phenoxy) is 3. The molecule has 3 rings (SSSR count). The molecule has 8 nitrogen and oxygen atoms in total. The highest BCUT2D eigenvalue weighted by Gasteiger charge is 2.48. The van der Waals surface area contributed by atoms with Gasteiger partial charge in [0.1, 0.15) is 24.4 Å². The molecule has 112 valence electrons. The van der Waals surface area contributed by atoms with Crippen LogP contribution in [0.5, 0.6) is 0 Å². The van der Waals surface area contributed by atoms with Crippen molar-refractivity contribution >= 4 is 0 Å². The maximum absolute atomic E-state index is 10.1. The van der Waals surface area contributed by atoms with Gasteiger partial charge in [0.25, 0.3) is 0 Å². The molecule has 21 heavy (non-hydrogen) atoms. The summed E-state index contributed by atoms with van der Waals surface area (Å²) in [6.07, 6.45) is -5.67. The second-order valence-corrected chi connectivity index (χ2v) is 4.93. The quantitative estimate of drug-likeness (QED) is 0.476. The predicted octanol–water partition coefficient (Wildman–Crippen LogP) is 0.858. The van der Waals surface area contributed by atoms with Gasteiger partial charge < -0.3 is 24.4 Å². The van der Waals surface area contributed by atoms with E-state index in [9.17, 15) is 10.2 Å². The monoisotopic (exact) mass is 293 g/mol. The molecule has 6 atom stereocenters. The molecule has 3 unspecified atom stereocenters. The molecule has 2 saturated heterocycles. The van der Waals surface area contributed by atoms with Crippen LogP contribution < -0.4 is 0 Å². The van der Waals surface area contributed by atoms with E-state index in [1.807, 2.05) is 30.3 Å². The van der Waals surface area contributed by atoms with E-state index in [4.69, 9.17) is 19.7 Å². The first-order chi connectivity index (χ1) is 10.2. The third kappa shape index (κ3) is 2.73. The zero-order valence-corrected chi connectivity index (χ0v) is 11.0. The predicted molar refractivity (Wildman–Crippen MR) is 69.8 cm³/mol. The fourth-order valence-corrected chi connectivity index (χ4v) is 2.52. The van der Waals surface area contributed by atoms with E-state index >= 15 is 0 Å². The summed E-state index contributed by atoms with van der Waals surface area (Å²) in [5.74, 6) is 0. The molecule has 0 spiro atoms. The average molecular weight is 293 g/mol. The van der Waals surface area contributed by atoms with Gasteiger partial charge in [-0.1, -0.05) is 35.4 Å². The van der Waals surface area contributed by atoms with Crippen molar-refractivity contribution in [3.63, 3.8) is 0 Å². The lowest BCUT2D eigenvalue weighted by molar-refractivity contribution is -0.327. The smallest absolute Gasteiger partial charge is 0.184 e. The van der Waals surface area contributed by atoms with Crippen LogP contribution in [0.15, 0.2) is 35.4 Å². The van der Waals surface area contributed by atoms with E-state index in [0.29, 0.717) is 0 Å². The van der Waals surface area contributed by atoms with Crippen LogP contribution in [0.3, 0.4) is 0 Å². The number of hydrogen-bond donors (Lipinski definition) is 2. The third-order valence-corrected chi connectivity index (χ3v) is 3.59. The average Bonchev–Trinajstić information content (AvgIpc) is 2.53. The van der Waals surface area contributed by atoms with E-state index in [1.54, 1.807) is 0 Å². The molecule has 2 fully saturated rings. The highest BCUT2D eigenvalue weighted by atomic mass is 16.7. The van der Waals surface area contributed by atoms with Crippen molar-refractivity contribution in [1.29, 1.82) is 0 Å². The molecule has 0 radical (unpaired) electrons. The standard InChI is InChI=1S/C13H15N3O5/c14-16-15-12-10(18)9(17)11-8(20-12)6-19-13(21-11)7-4-2-1-3-5-7/h1-5,8-13,17-18H,6H2/t8?,9-,10?,11-,12-,13?/m1/s1. The molecule has 0 saturated carbocycles. The lowest BCUT2D eigenvalue weighted by atomic mass is 9.97. The molecule has 2 heterocycles. The first kappa shape index (κ1) is 14.3. The fourth-order valence-electron chi connectivity index (χ4n) is 2.52. The summed E-state index contributed by atoms with van der Waals surface area (Å²) in [5.41, 5.74) is 9.25. The molecule has 0 bridgehead atoms. The van der Waals surface area contributed by atoms with Gasteiger partial charge in [-0.3, -0.25) is 0 Å². The minimum atomic E-state index is -1.34. The summed E-state index contributed by atoms with van der Waals surface area (Å²) >= 11 is 0. The first-order valence-electron chi connectivity index (χ1n) is 6.58. The van der Waals surface area contributed by atoms with E-state index < -0.39 is 36.9 Å². The van der Waals surface area contributed by atoms with Crippen LogP contribution in [0.4, 0.5) is 0 Å². The molecule has 0 aliphatic carbocycles. The molecule has 1 aromatic rings. The topological polar surface area (TPSA) is 117 Å². The van der Waals surface area contributed by atoms with Crippen LogP contribution in [-0.4, -0.2) is 47.5 Å². The SMILES string of the molecule is [N-]=[N+]=N[C@@H]1OC2COC(c3ccccc3)O[C@H]2[C@H](O)C1O. The first-order valence-corrected chi connectivity index (χ1v) is 6.58. The zero-order valence-electron chi connectivity index (χ0n) is 11.0. The van der Waals surface area contributed by atoms with E-state index in [2.05, 4.69) is 10.0 Å². The van der Waals surface area contributed by atoms with Crippen molar-refractivity contribution in [2.75, 3.05) is 6.61 Å². The number of nitrogens with zero attached hydrogens (tertiary/aromatic N) is 3. The van der Waals surface area contributed by atoms with E-state index in [1.165, 1.54) is 0 Å². The van der Waals surface area contributed by atoms with Gasteiger partial charge in [-0.2, -0.15) is 0 Å². The Morgan fingerprint density at radius 1 is 1.14 bits per heavy atom. The minimum Gasteiger partial charge on any atom is -0.387 e. The number of rotatable bonds is 2. The van der Waals surface area contributed by atoms with Crippen molar-refractivity contribution in [3.05, 3.63) is 46.3 Å². The summed E-state index contributed by atoms with van der Waals surface area (Å²) in [6.45, 7) is 0.172. The van der Waals surface area contributed by atoms with E-state index in [0.717, 1.165) is 5.56 Å². The van der Waals surface area contributed by atoms with Gasteiger partial charge in [0.15, 0.2) is 12.5 Å². The van der Waals surface area contributed by atoms with E-state index in [-0.39, 0.29) is 6.61 Å². The highest BCUT2D eigenvalue weighted by molar-refractivity contribution is 5.16. The maximum atomic E-state index is 10.1. The second kappa shape index (κ2) is 5.98. The van der Waals surface area contributed by atoms with Crippen molar-refractivity contribution in [3.8, 4) is 0 Å². The van der Waals surface area contributed by atoms with Crippen LogP contribution in [0.2, 0.25) is 0 Å². The van der Waals surface area contributed by atoms with Gasteiger partial charge in [0, 0.05) is 10.5 Å². The van der Waals surface area contributed by atoms with Crippen LogP contribution in [-0.2, 0) is 14.2 Å². The van der Waals surface area contributed by atoms with Crippen molar-refractivity contribution < 1.29 is 24.4 Å². The Morgan fingerprint density at radius 2 is 1.90 bits per heavy atom. The fraction of sp³-hybridized carbons (Fsp3) is 0.538. The largest absolute Gasteiger partial charge is 0.387 e. The summed E-state index contributed by atoms with van der Waals surface area (Å²) in [6, 6.07) is 9.28. The third-order valence-electron chi connectivity index (χ3n) is 3.59. The second-order valence-electron chi connectivity index (χ2n) is 4.93. The Hall–Kier alpha value is -1.67. The molecule has 8 heteroatoms. The highest BCUT2D eigenvalue weighted by Crippen LogP contribution is 2.34. The molecule has 2 aliphatic heterocycles. The van der Waals surface area contributed by atoms with Gasteiger partial charge in [0.2, 0.25) is 0 Å². The number of hydrogen-bond acceptors (Lipinski definition) is 6. The Morgan fingerprint density at radius 3 is 2.62 bits per heavy atom. The summed E-state index contributed by atoms with van der Waals surface area (Å²) in [5, 5.41) is 23.4. The molecule has 2 N–H and O–H groups in total. The van der Waals surface area contributed by atoms with Crippen molar-refractivity contribution in [1.82, 2.24) is 0 Å². The van der Waals surface area contributed by atoms with Crippen molar-refractivity contribution in [2.45, 2.75) is 36.9 Å². The van der Waals surface area contributed by atoms with Gasteiger partial charge >= 0.3 is 0 Å². The molecular formula is C13H15N3O5. The lowest BCUT2D eigenvalue weighted by Gasteiger charge is -2.45. The molecule has 0 aromatic heterocycles. The Bertz CT molecular complexity index is 534. The van der Waals surface area contributed by atoms with Crippen LogP contribution in [0, 0.1) is 0 Å². The number of aliphatic hydroxyl groups excluding tert-OH is 2. The summed E-state index contributed by atoms with van der Waals surface area (Å²) in [7, 11) is 0. The molecule has 1 aromatic carbocycles. The zero-order chi connectivity index (χ0) is 14.8. The van der Waals surface area contributed by atoms with Crippen LogP contribution >= 0.6 is 0 Å². The maximum Gasteiger partial charge on any atom is 0.184 e. The van der Waals surface area contributed by atoms with Crippen molar-refractivity contribution in [2.24, 2.45) is 5.11 Å². The number of azide groups is 1. The number of fused-ring (bicyclic) bond motifs is 1. The Labute approximate surface area is 120 Å². The molecule has 2 aliphatic rings. The van der Waals surface area contributed by atoms with Crippen LogP contribution in [0.1, 0.15) is 11.9 Å². The van der Waals surface area contributed by atoms with Gasteiger partial charge in [-0.25, -0.2) is 0 Å². The molecular weight excluding hydrogens is 278 g/mol. The van der Waals surface area contributed by atoms with Gasteiger partial charge in [-0.15, -0.1) is 0 Å². The number of benzene rings is 1. The Balaban J connectivity index is 1.76. The molecule has 0 amide bonds. The Kier molecular flexibility index (Phi) is 4.07. The minimum absolute atomic E-state index is 0.172. The summed E-state index contributed by atoms with van der Waals surface area (Å²) in [4.78, 5) is 2.59.